The Morgan fingerprint density at radius 2 is 1.82 bits per heavy atom. The first kappa shape index (κ1) is 14.1. The molecule has 0 radical (unpaired) electrons. The zero-order chi connectivity index (χ0) is 15.7. The van der Waals surface area contributed by atoms with Gasteiger partial charge < -0.3 is 14.5 Å². The van der Waals surface area contributed by atoms with Crippen LogP contribution in [0.4, 0.5) is 0 Å². The van der Waals surface area contributed by atoms with Crippen molar-refractivity contribution in [3.05, 3.63) is 47.8 Å². The normalized spacial score (nSPS) is 10.7. The lowest BCUT2D eigenvalue weighted by Crippen LogP contribution is -2.02. The van der Waals surface area contributed by atoms with Gasteiger partial charge in [0.1, 0.15) is 17.1 Å². The number of methoxy groups -OCH3 is 2. The first-order valence-electron chi connectivity index (χ1n) is 6.86. The Morgan fingerprint density at radius 3 is 2.45 bits per heavy atom. The van der Waals surface area contributed by atoms with Gasteiger partial charge in [-0.1, -0.05) is 18.2 Å². The molecule has 0 saturated heterocycles. The molecule has 22 heavy (non-hydrogen) atoms. The lowest BCUT2D eigenvalue weighted by molar-refractivity contribution is 0.0603. The molecule has 0 fully saturated rings. The van der Waals surface area contributed by atoms with Gasteiger partial charge in [-0.3, -0.25) is 0 Å². The maximum atomic E-state index is 11.9. The Morgan fingerprint density at radius 1 is 1.09 bits per heavy atom. The van der Waals surface area contributed by atoms with Gasteiger partial charge in [0.15, 0.2) is 0 Å². The summed E-state index contributed by atoms with van der Waals surface area (Å²) in [5, 5.41) is 0. The summed E-state index contributed by atoms with van der Waals surface area (Å²) >= 11 is 0. The summed E-state index contributed by atoms with van der Waals surface area (Å²) in [5.41, 5.74) is 3.90. The van der Waals surface area contributed by atoms with Crippen molar-refractivity contribution in [2.24, 2.45) is 0 Å². The smallest absolute Gasteiger partial charge is 0.340 e. The molecule has 0 spiro atoms. The maximum absolute atomic E-state index is 11.9. The minimum atomic E-state index is -0.391. The fourth-order valence-corrected chi connectivity index (χ4v) is 2.50. The molecule has 0 bridgehead atoms. The molecule has 0 amide bonds. The number of aromatic amines is 1. The fourth-order valence-electron chi connectivity index (χ4n) is 2.50. The lowest BCUT2D eigenvalue weighted by atomic mass is 10.0. The highest BCUT2D eigenvalue weighted by Gasteiger charge is 2.16. The SMILES string of the molecule is COC(=O)c1ccc(-c2ccc(OC)cc2)c2[nH]c(C)nc12. The van der Waals surface area contributed by atoms with E-state index in [4.69, 9.17) is 9.47 Å². The van der Waals surface area contributed by atoms with Gasteiger partial charge in [-0.25, -0.2) is 9.78 Å². The predicted molar refractivity (Wildman–Crippen MR) is 84.2 cm³/mol. The van der Waals surface area contributed by atoms with Crippen molar-refractivity contribution >= 4 is 17.0 Å². The van der Waals surface area contributed by atoms with Crippen LogP contribution in [0.2, 0.25) is 0 Å². The summed E-state index contributed by atoms with van der Waals surface area (Å²) in [5.74, 6) is 1.16. The van der Waals surface area contributed by atoms with Crippen LogP contribution in [0.3, 0.4) is 0 Å². The molecule has 2 aromatic carbocycles. The molecular weight excluding hydrogens is 280 g/mol. The molecule has 5 nitrogen and oxygen atoms in total. The largest absolute Gasteiger partial charge is 0.497 e. The van der Waals surface area contributed by atoms with Crippen LogP contribution in [0.25, 0.3) is 22.2 Å². The van der Waals surface area contributed by atoms with E-state index in [1.807, 2.05) is 37.3 Å². The van der Waals surface area contributed by atoms with E-state index in [1.54, 1.807) is 13.2 Å². The second-order valence-corrected chi connectivity index (χ2v) is 4.93. The standard InChI is InChI=1S/C17H16N2O3/c1-10-18-15-13(11-4-6-12(21-2)7-5-11)8-9-14(16(15)19-10)17(20)22-3/h4-9H,1-3H3,(H,18,19). The minimum Gasteiger partial charge on any atom is -0.497 e. The van der Waals surface area contributed by atoms with Crippen molar-refractivity contribution in [3.63, 3.8) is 0 Å². The van der Waals surface area contributed by atoms with Crippen LogP contribution in [0.15, 0.2) is 36.4 Å². The van der Waals surface area contributed by atoms with Gasteiger partial charge in [-0.2, -0.15) is 0 Å². The van der Waals surface area contributed by atoms with Crippen LogP contribution in [-0.4, -0.2) is 30.2 Å². The van der Waals surface area contributed by atoms with Crippen molar-refractivity contribution in [1.29, 1.82) is 0 Å². The zero-order valence-electron chi connectivity index (χ0n) is 12.6. The van der Waals surface area contributed by atoms with E-state index in [0.717, 1.165) is 28.2 Å². The van der Waals surface area contributed by atoms with E-state index < -0.39 is 5.97 Å². The molecule has 0 aliphatic rings. The summed E-state index contributed by atoms with van der Waals surface area (Å²) in [6.45, 7) is 1.86. The molecule has 1 heterocycles. The Bertz CT molecular complexity index is 835. The first-order chi connectivity index (χ1) is 10.6. The zero-order valence-corrected chi connectivity index (χ0v) is 12.6. The third-order valence-corrected chi connectivity index (χ3v) is 3.57. The number of fused-ring (bicyclic) bond motifs is 1. The van der Waals surface area contributed by atoms with Crippen LogP contribution in [0.5, 0.6) is 5.75 Å². The summed E-state index contributed by atoms with van der Waals surface area (Å²) < 4.78 is 10.0. The molecule has 0 aliphatic heterocycles. The van der Waals surface area contributed by atoms with Gasteiger partial charge in [0.2, 0.25) is 0 Å². The molecule has 3 aromatic rings. The summed E-state index contributed by atoms with van der Waals surface area (Å²) in [6, 6.07) is 11.4. The third-order valence-electron chi connectivity index (χ3n) is 3.57. The second kappa shape index (κ2) is 5.52. The number of nitrogens with zero attached hydrogens (tertiary/aromatic N) is 1. The van der Waals surface area contributed by atoms with Crippen LogP contribution in [0, 0.1) is 6.92 Å². The topological polar surface area (TPSA) is 64.2 Å². The predicted octanol–water partition coefficient (Wildman–Crippen LogP) is 3.33. The average Bonchev–Trinajstić information content (AvgIpc) is 2.94. The number of carbonyl (C=O) groups excluding carboxylic acids is 1. The molecule has 112 valence electrons. The van der Waals surface area contributed by atoms with E-state index in [2.05, 4.69) is 9.97 Å². The highest BCUT2D eigenvalue weighted by molar-refractivity contribution is 6.06. The van der Waals surface area contributed by atoms with Crippen LogP contribution in [0.1, 0.15) is 16.2 Å². The number of ether oxygens (including phenoxy) is 2. The Kier molecular flexibility index (Phi) is 3.55. The second-order valence-electron chi connectivity index (χ2n) is 4.93. The molecular formula is C17H16N2O3. The van der Waals surface area contributed by atoms with Crippen LogP contribution >= 0.6 is 0 Å². The summed E-state index contributed by atoms with van der Waals surface area (Å²) in [7, 11) is 3.00. The Labute approximate surface area is 127 Å². The molecule has 0 unspecified atom stereocenters. The van der Waals surface area contributed by atoms with Gasteiger partial charge >= 0.3 is 5.97 Å². The maximum Gasteiger partial charge on any atom is 0.340 e. The van der Waals surface area contributed by atoms with E-state index in [1.165, 1.54) is 7.11 Å². The monoisotopic (exact) mass is 296 g/mol. The van der Waals surface area contributed by atoms with Gasteiger partial charge in [0, 0.05) is 5.56 Å². The van der Waals surface area contributed by atoms with Crippen molar-refractivity contribution in [1.82, 2.24) is 9.97 Å². The number of carbonyl (C=O) groups is 1. The average molecular weight is 296 g/mol. The van der Waals surface area contributed by atoms with Crippen molar-refractivity contribution in [2.75, 3.05) is 14.2 Å². The molecule has 0 atom stereocenters. The minimum absolute atomic E-state index is 0.391. The van der Waals surface area contributed by atoms with Gasteiger partial charge in [-0.05, 0) is 30.7 Å². The van der Waals surface area contributed by atoms with Gasteiger partial charge in [0.05, 0.1) is 25.3 Å². The first-order valence-corrected chi connectivity index (χ1v) is 6.86. The Hall–Kier alpha value is -2.82. The quantitative estimate of drug-likeness (QED) is 0.753. The van der Waals surface area contributed by atoms with Gasteiger partial charge in [-0.15, -0.1) is 0 Å². The number of hydrogen-bond donors (Lipinski definition) is 1. The fraction of sp³-hybridized carbons (Fsp3) is 0.176. The number of aromatic nitrogens is 2. The molecule has 5 heteroatoms. The summed E-state index contributed by atoms with van der Waals surface area (Å²) in [4.78, 5) is 19.5. The van der Waals surface area contributed by atoms with Gasteiger partial charge in [0.25, 0.3) is 0 Å². The van der Waals surface area contributed by atoms with E-state index in [0.29, 0.717) is 11.1 Å². The summed E-state index contributed by atoms with van der Waals surface area (Å²) in [6.07, 6.45) is 0. The number of nitrogens with one attached hydrogen (secondary N) is 1. The molecule has 3 rings (SSSR count). The molecule has 0 saturated carbocycles. The van der Waals surface area contributed by atoms with Crippen LogP contribution < -0.4 is 4.74 Å². The molecule has 1 N–H and O–H groups in total. The van der Waals surface area contributed by atoms with Crippen molar-refractivity contribution in [3.8, 4) is 16.9 Å². The number of esters is 1. The highest BCUT2D eigenvalue weighted by Crippen LogP contribution is 2.30. The third kappa shape index (κ3) is 2.30. The van der Waals surface area contributed by atoms with E-state index in [9.17, 15) is 4.79 Å². The van der Waals surface area contributed by atoms with E-state index in [-0.39, 0.29) is 0 Å². The molecule has 0 aliphatic carbocycles. The highest BCUT2D eigenvalue weighted by atomic mass is 16.5. The number of hydrogen-bond acceptors (Lipinski definition) is 4. The van der Waals surface area contributed by atoms with Crippen LogP contribution in [-0.2, 0) is 4.74 Å². The number of rotatable bonds is 3. The number of H-pyrrole nitrogens is 1. The Balaban J connectivity index is 2.20. The number of aryl methyl sites for hydroxylation is 1. The molecule has 1 aromatic heterocycles. The number of benzene rings is 2. The van der Waals surface area contributed by atoms with Crippen molar-refractivity contribution < 1.29 is 14.3 Å². The number of imidazole rings is 1. The van der Waals surface area contributed by atoms with Crippen molar-refractivity contribution in [2.45, 2.75) is 6.92 Å². The van der Waals surface area contributed by atoms with E-state index >= 15 is 0 Å². The lowest BCUT2D eigenvalue weighted by Gasteiger charge is -2.07.